The first-order valence-electron chi connectivity index (χ1n) is 7.68. The molecule has 0 aliphatic carbocycles. The molecule has 138 valence electrons. The molecule has 9 nitrogen and oxygen atoms in total. The van der Waals surface area contributed by atoms with Gasteiger partial charge in [0.15, 0.2) is 5.82 Å². The minimum atomic E-state index is -3.70. The first kappa shape index (κ1) is 18.5. The SMILES string of the molecule is O=C(Nc1cnccn1)Nc1cc(S(=O)(=O)N2CCOCC2)ccc1Cl. The first-order valence-corrected chi connectivity index (χ1v) is 9.50. The van der Waals surface area contributed by atoms with E-state index >= 15 is 0 Å². The summed E-state index contributed by atoms with van der Waals surface area (Å²) in [4.78, 5) is 19.9. The van der Waals surface area contributed by atoms with Gasteiger partial charge in [0.05, 0.1) is 35.0 Å². The molecule has 2 N–H and O–H groups in total. The molecule has 1 aliphatic heterocycles. The number of hydrogen-bond donors (Lipinski definition) is 2. The fourth-order valence-electron chi connectivity index (χ4n) is 2.33. The van der Waals surface area contributed by atoms with Crippen LogP contribution in [-0.2, 0) is 14.8 Å². The molecule has 0 unspecified atom stereocenters. The Bertz CT molecular complexity index is 888. The smallest absolute Gasteiger partial charge is 0.324 e. The number of ether oxygens (including phenoxy) is 1. The second-order valence-corrected chi connectivity index (χ2v) is 7.67. The van der Waals surface area contributed by atoms with Crippen LogP contribution in [0.1, 0.15) is 0 Å². The molecule has 0 bridgehead atoms. The molecular weight excluding hydrogens is 382 g/mol. The van der Waals surface area contributed by atoms with Gasteiger partial charge in [-0.2, -0.15) is 4.31 Å². The predicted octanol–water partition coefficient (Wildman–Crippen LogP) is 1.79. The van der Waals surface area contributed by atoms with Gasteiger partial charge in [0.2, 0.25) is 10.0 Å². The van der Waals surface area contributed by atoms with Gasteiger partial charge in [0, 0.05) is 25.5 Å². The zero-order valence-electron chi connectivity index (χ0n) is 13.6. The van der Waals surface area contributed by atoms with Crippen LogP contribution >= 0.6 is 11.6 Å². The Morgan fingerprint density at radius 1 is 1.19 bits per heavy atom. The van der Waals surface area contributed by atoms with Crippen LogP contribution in [0.4, 0.5) is 16.3 Å². The summed E-state index contributed by atoms with van der Waals surface area (Å²) in [6.45, 7) is 1.25. The molecule has 1 aromatic heterocycles. The summed E-state index contributed by atoms with van der Waals surface area (Å²) in [5.41, 5.74) is 0.169. The van der Waals surface area contributed by atoms with E-state index in [1.165, 1.54) is 41.1 Å². The molecular formula is C15H16ClN5O4S. The first-order chi connectivity index (χ1) is 12.5. The Kier molecular flexibility index (Phi) is 5.67. The molecule has 1 saturated heterocycles. The van der Waals surface area contributed by atoms with Gasteiger partial charge in [0.1, 0.15) is 0 Å². The van der Waals surface area contributed by atoms with Gasteiger partial charge < -0.3 is 10.1 Å². The van der Waals surface area contributed by atoms with Gasteiger partial charge in [-0.3, -0.25) is 10.3 Å². The highest BCUT2D eigenvalue weighted by Gasteiger charge is 2.27. The van der Waals surface area contributed by atoms with Crippen molar-refractivity contribution >= 4 is 39.2 Å². The average molecular weight is 398 g/mol. The quantitative estimate of drug-likeness (QED) is 0.813. The Hall–Kier alpha value is -2.27. The third-order valence-corrected chi connectivity index (χ3v) is 5.82. The number of halogens is 1. The monoisotopic (exact) mass is 397 g/mol. The van der Waals surface area contributed by atoms with E-state index in [4.69, 9.17) is 16.3 Å². The van der Waals surface area contributed by atoms with E-state index in [9.17, 15) is 13.2 Å². The number of amides is 2. The Labute approximate surface area is 155 Å². The molecule has 2 amide bonds. The lowest BCUT2D eigenvalue weighted by Crippen LogP contribution is -2.40. The second kappa shape index (κ2) is 7.96. The van der Waals surface area contributed by atoms with Crippen molar-refractivity contribution in [2.24, 2.45) is 0 Å². The number of anilines is 2. The van der Waals surface area contributed by atoms with Crippen molar-refractivity contribution < 1.29 is 17.9 Å². The van der Waals surface area contributed by atoms with Gasteiger partial charge in [-0.15, -0.1) is 0 Å². The van der Waals surface area contributed by atoms with Crippen LogP contribution in [0.3, 0.4) is 0 Å². The van der Waals surface area contributed by atoms with Crippen LogP contribution in [0, 0.1) is 0 Å². The number of carbonyl (C=O) groups excluding carboxylic acids is 1. The fourth-order valence-corrected chi connectivity index (χ4v) is 3.93. The summed E-state index contributed by atoms with van der Waals surface area (Å²) in [5.74, 6) is 0.248. The van der Waals surface area contributed by atoms with Gasteiger partial charge in [-0.1, -0.05) is 11.6 Å². The number of rotatable bonds is 4. The molecule has 0 radical (unpaired) electrons. The van der Waals surface area contributed by atoms with Crippen LogP contribution in [0.15, 0.2) is 41.7 Å². The molecule has 11 heteroatoms. The summed E-state index contributed by atoms with van der Waals surface area (Å²) >= 11 is 6.08. The number of morpholine rings is 1. The summed E-state index contributed by atoms with van der Waals surface area (Å²) in [5, 5.41) is 5.21. The molecule has 0 saturated carbocycles. The Balaban J connectivity index is 1.78. The number of benzene rings is 1. The van der Waals surface area contributed by atoms with E-state index < -0.39 is 16.1 Å². The van der Waals surface area contributed by atoms with Crippen molar-refractivity contribution in [2.45, 2.75) is 4.90 Å². The third kappa shape index (κ3) is 4.28. The van der Waals surface area contributed by atoms with Gasteiger partial charge >= 0.3 is 6.03 Å². The Morgan fingerprint density at radius 2 is 1.96 bits per heavy atom. The van der Waals surface area contributed by atoms with Gasteiger partial charge in [0.25, 0.3) is 0 Å². The average Bonchev–Trinajstić information content (AvgIpc) is 2.65. The number of nitrogens with one attached hydrogen (secondary N) is 2. The molecule has 0 spiro atoms. The highest BCUT2D eigenvalue weighted by molar-refractivity contribution is 7.89. The molecule has 0 atom stereocenters. The number of hydrogen-bond acceptors (Lipinski definition) is 6. The largest absolute Gasteiger partial charge is 0.379 e. The van der Waals surface area contributed by atoms with Crippen LogP contribution in [-0.4, -0.2) is 55.0 Å². The van der Waals surface area contributed by atoms with Crippen molar-refractivity contribution in [1.82, 2.24) is 14.3 Å². The van der Waals surface area contributed by atoms with Crippen LogP contribution in [0.5, 0.6) is 0 Å². The van der Waals surface area contributed by atoms with Crippen LogP contribution in [0.25, 0.3) is 0 Å². The molecule has 3 rings (SSSR count). The minimum Gasteiger partial charge on any atom is -0.379 e. The maximum absolute atomic E-state index is 12.7. The lowest BCUT2D eigenvalue weighted by atomic mass is 10.3. The molecule has 2 heterocycles. The maximum atomic E-state index is 12.7. The number of nitrogens with zero attached hydrogens (tertiary/aromatic N) is 3. The normalized spacial score (nSPS) is 15.4. The lowest BCUT2D eigenvalue weighted by Gasteiger charge is -2.26. The van der Waals surface area contributed by atoms with E-state index in [1.54, 1.807) is 0 Å². The summed E-state index contributed by atoms with van der Waals surface area (Å²) < 4.78 is 31.9. The number of sulfonamides is 1. The zero-order chi connectivity index (χ0) is 18.6. The van der Waals surface area contributed by atoms with E-state index in [1.807, 2.05) is 0 Å². The van der Waals surface area contributed by atoms with Crippen LogP contribution < -0.4 is 10.6 Å². The van der Waals surface area contributed by atoms with E-state index in [2.05, 4.69) is 20.6 Å². The summed E-state index contributed by atoms with van der Waals surface area (Å²) in [6, 6.07) is 3.53. The van der Waals surface area contributed by atoms with Crippen molar-refractivity contribution in [1.29, 1.82) is 0 Å². The maximum Gasteiger partial charge on any atom is 0.324 e. The number of carbonyl (C=O) groups is 1. The van der Waals surface area contributed by atoms with E-state index in [0.717, 1.165) is 0 Å². The Morgan fingerprint density at radius 3 is 2.65 bits per heavy atom. The van der Waals surface area contributed by atoms with Crippen molar-refractivity contribution in [3.8, 4) is 0 Å². The third-order valence-electron chi connectivity index (χ3n) is 3.60. The number of aromatic nitrogens is 2. The molecule has 2 aromatic rings. The topological polar surface area (TPSA) is 114 Å². The lowest BCUT2D eigenvalue weighted by molar-refractivity contribution is 0.0730. The molecule has 26 heavy (non-hydrogen) atoms. The standard InChI is InChI=1S/C15H16ClN5O4S/c16-12-2-1-11(26(23,24)21-5-7-25-8-6-21)9-13(12)19-15(22)20-14-10-17-3-4-18-14/h1-4,9-10H,5-8H2,(H2,18,19,20,22). The number of urea groups is 1. The minimum absolute atomic E-state index is 0.0404. The van der Waals surface area contributed by atoms with Crippen molar-refractivity contribution in [3.05, 3.63) is 41.8 Å². The second-order valence-electron chi connectivity index (χ2n) is 5.33. The van der Waals surface area contributed by atoms with Crippen molar-refractivity contribution in [3.63, 3.8) is 0 Å². The van der Waals surface area contributed by atoms with Crippen LogP contribution in [0.2, 0.25) is 5.02 Å². The van der Waals surface area contributed by atoms with Gasteiger partial charge in [-0.05, 0) is 18.2 Å². The van der Waals surface area contributed by atoms with E-state index in [0.29, 0.717) is 13.2 Å². The zero-order valence-corrected chi connectivity index (χ0v) is 15.1. The van der Waals surface area contributed by atoms with Gasteiger partial charge in [-0.25, -0.2) is 18.2 Å². The predicted molar refractivity (Wildman–Crippen MR) is 95.7 cm³/mol. The molecule has 1 fully saturated rings. The summed E-state index contributed by atoms with van der Waals surface area (Å²) in [6.07, 6.45) is 4.28. The molecule has 1 aliphatic rings. The highest BCUT2D eigenvalue weighted by atomic mass is 35.5. The summed E-state index contributed by atoms with van der Waals surface area (Å²) in [7, 11) is -3.70. The molecule has 1 aromatic carbocycles. The highest BCUT2D eigenvalue weighted by Crippen LogP contribution is 2.27. The fraction of sp³-hybridized carbons (Fsp3) is 0.267. The van der Waals surface area contributed by atoms with E-state index in [-0.39, 0.29) is 34.5 Å². The van der Waals surface area contributed by atoms with Crippen molar-refractivity contribution in [2.75, 3.05) is 36.9 Å².